The van der Waals surface area contributed by atoms with E-state index in [-0.39, 0.29) is 18.3 Å². The van der Waals surface area contributed by atoms with E-state index >= 15 is 0 Å². The Morgan fingerprint density at radius 2 is 1.85 bits per heavy atom. The number of aliphatic hydroxyl groups is 1. The molecule has 1 aromatic heterocycles. The molecule has 0 aliphatic carbocycles. The summed E-state index contributed by atoms with van der Waals surface area (Å²) in [7, 11) is 0. The average Bonchev–Trinajstić information content (AvgIpc) is 3.53. The van der Waals surface area contributed by atoms with Gasteiger partial charge in [0.25, 0.3) is 5.91 Å². The second-order valence-corrected chi connectivity index (χ2v) is 9.57. The molecule has 3 fully saturated rings. The van der Waals surface area contributed by atoms with Crippen LogP contribution in [0, 0.1) is 0 Å². The molecule has 1 spiro atoms. The molecular weight excluding hydrogens is 424 g/mol. The molecular formula is C25H22N2O6. The maximum absolute atomic E-state index is 14.4. The van der Waals surface area contributed by atoms with E-state index in [1.807, 2.05) is 24.3 Å². The molecule has 5 unspecified atom stereocenters. The van der Waals surface area contributed by atoms with Crippen LogP contribution < -0.4 is 4.90 Å². The summed E-state index contributed by atoms with van der Waals surface area (Å²) in [5.41, 5.74) is -0.587. The van der Waals surface area contributed by atoms with Crippen LogP contribution in [-0.2, 0) is 24.5 Å². The Kier molecular flexibility index (Phi) is 3.47. The first-order chi connectivity index (χ1) is 15.9. The van der Waals surface area contributed by atoms with E-state index in [0.717, 1.165) is 10.9 Å². The minimum absolute atomic E-state index is 0.233. The predicted molar refractivity (Wildman–Crippen MR) is 117 cm³/mol. The summed E-state index contributed by atoms with van der Waals surface area (Å²) >= 11 is 0. The molecule has 4 aliphatic rings. The highest BCUT2D eigenvalue weighted by atomic mass is 16.8. The maximum atomic E-state index is 14.4. The SMILES string of the molecule is CC1(C)OC2C(CO)OC3C2(O1)C(=O)N1c2ccccc2C(=O)C31c1c[nH]c2ccccc12. The van der Waals surface area contributed by atoms with Crippen molar-refractivity contribution in [3.8, 4) is 0 Å². The lowest BCUT2D eigenvalue weighted by Gasteiger charge is -2.35. The predicted octanol–water partition coefficient (Wildman–Crippen LogP) is 2.26. The van der Waals surface area contributed by atoms with Crippen molar-refractivity contribution in [2.24, 2.45) is 0 Å². The van der Waals surface area contributed by atoms with Crippen molar-refractivity contribution in [2.45, 2.75) is 49.1 Å². The number of Topliss-reactive ketones (excluding diaryl/α,β-unsaturated/α-hetero) is 1. The largest absolute Gasteiger partial charge is 0.394 e. The quantitative estimate of drug-likeness (QED) is 0.626. The Morgan fingerprint density at radius 3 is 2.67 bits per heavy atom. The zero-order chi connectivity index (χ0) is 22.8. The Hall–Kier alpha value is -3.04. The van der Waals surface area contributed by atoms with E-state index in [1.54, 1.807) is 49.2 Å². The van der Waals surface area contributed by atoms with Crippen LogP contribution in [0.2, 0.25) is 0 Å². The van der Waals surface area contributed by atoms with Crippen LogP contribution >= 0.6 is 0 Å². The Morgan fingerprint density at radius 1 is 1.09 bits per heavy atom. The van der Waals surface area contributed by atoms with E-state index in [1.165, 1.54) is 0 Å². The van der Waals surface area contributed by atoms with Gasteiger partial charge in [0.1, 0.15) is 18.3 Å². The van der Waals surface area contributed by atoms with Crippen LogP contribution in [0.15, 0.2) is 54.7 Å². The third-order valence-electron chi connectivity index (χ3n) is 7.47. The Bertz CT molecular complexity index is 1360. The molecule has 3 aromatic rings. The van der Waals surface area contributed by atoms with Crippen molar-refractivity contribution < 1.29 is 28.9 Å². The van der Waals surface area contributed by atoms with Crippen molar-refractivity contribution >= 4 is 28.3 Å². The minimum atomic E-state index is -1.56. The zero-order valence-electron chi connectivity index (χ0n) is 18.1. The van der Waals surface area contributed by atoms with Gasteiger partial charge in [-0.05, 0) is 32.0 Å². The first-order valence-electron chi connectivity index (χ1n) is 11.1. The summed E-state index contributed by atoms with van der Waals surface area (Å²) in [4.78, 5) is 33.5. The van der Waals surface area contributed by atoms with Crippen LogP contribution in [0.25, 0.3) is 10.9 Å². The number of rotatable bonds is 2. The van der Waals surface area contributed by atoms with Gasteiger partial charge >= 0.3 is 0 Å². The minimum Gasteiger partial charge on any atom is -0.394 e. The number of aromatic amines is 1. The highest BCUT2D eigenvalue weighted by molar-refractivity contribution is 6.26. The van der Waals surface area contributed by atoms with Crippen LogP contribution in [-0.4, -0.2) is 58.1 Å². The van der Waals surface area contributed by atoms with Crippen LogP contribution in [0.1, 0.15) is 29.8 Å². The number of nitrogens with one attached hydrogen (secondary N) is 1. The number of ether oxygens (including phenoxy) is 3. The standard InChI is InChI=1S/C25H22N2O6/c1-23(2)32-20-18(12-28)31-21-24(15-11-26-16-9-5-3-7-13(15)16)19(29)14-8-4-6-10-17(14)27(24)22(30)25(20,21)33-23/h3-11,18,20-21,26,28H,12H2,1-2H3. The van der Waals surface area contributed by atoms with Crippen LogP contribution in [0.3, 0.4) is 0 Å². The number of H-pyrrole nitrogens is 1. The first-order valence-corrected chi connectivity index (χ1v) is 11.1. The number of para-hydroxylation sites is 2. The molecule has 5 heterocycles. The van der Waals surface area contributed by atoms with E-state index in [9.17, 15) is 14.7 Å². The third kappa shape index (κ3) is 1.99. The molecule has 8 heteroatoms. The van der Waals surface area contributed by atoms with E-state index < -0.39 is 35.2 Å². The van der Waals surface area contributed by atoms with E-state index in [2.05, 4.69) is 4.98 Å². The molecule has 2 aromatic carbocycles. The van der Waals surface area contributed by atoms with Gasteiger partial charge in [0.05, 0.1) is 12.3 Å². The molecule has 0 bridgehead atoms. The van der Waals surface area contributed by atoms with Crippen molar-refractivity contribution in [1.82, 2.24) is 4.98 Å². The van der Waals surface area contributed by atoms with Gasteiger partial charge in [-0.1, -0.05) is 30.3 Å². The van der Waals surface area contributed by atoms with Gasteiger partial charge in [-0.2, -0.15) is 0 Å². The average molecular weight is 446 g/mol. The fourth-order valence-corrected chi connectivity index (χ4v) is 6.42. The summed E-state index contributed by atoms with van der Waals surface area (Å²) < 4.78 is 18.8. The molecule has 8 nitrogen and oxygen atoms in total. The summed E-state index contributed by atoms with van der Waals surface area (Å²) in [5, 5.41) is 10.9. The second-order valence-electron chi connectivity index (χ2n) is 9.57. The smallest absolute Gasteiger partial charge is 0.266 e. The molecule has 3 saturated heterocycles. The molecule has 5 atom stereocenters. The summed E-state index contributed by atoms with van der Waals surface area (Å²) in [6.45, 7) is 3.10. The lowest BCUT2D eigenvalue weighted by molar-refractivity contribution is -0.206. The van der Waals surface area contributed by atoms with E-state index in [4.69, 9.17) is 14.2 Å². The number of carbonyl (C=O) groups excluding carboxylic acids is 2. The maximum Gasteiger partial charge on any atom is 0.266 e. The monoisotopic (exact) mass is 446 g/mol. The van der Waals surface area contributed by atoms with Gasteiger partial charge in [-0.3, -0.25) is 14.5 Å². The van der Waals surface area contributed by atoms with Crippen molar-refractivity contribution in [3.63, 3.8) is 0 Å². The van der Waals surface area contributed by atoms with Gasteiger partial charge in [0, 0.05) is 28.2 Å². The number of aliphatic hydroxyl groups excluding tert-OH is 1. The van der Waals surface area contributed by atoms with E-state index in [0.29, 0.717) is 16.8 Å². The lowest BCUT2D eigenvalue weighted by Crippen LogP contribution is -2.54. The highest BCUT2D eigenvalue weighted by Crippen LogP contribution is 2.64. The summed E-state index contributed by atoms with van der Waals surface area (Å²) in [6, 6.07) is 14.8. The number of hydrogen-bond donors (Lipinski definition) is 2. The number of fused-ring (bicyclic) bond motifs is 5. The first kappa shape index (κ1) is 19.4. The highest BCUT2D eigenvalue weighted by Gasteiger charge is 2.84. The fraction of sp³-hybridized carbons (Fsp3) is 0.360. The van der Waals surface area contributed by atoms with Gasteiger partial charge in [0.15, 0.2) is 17.1 Å². The van der Waals surface area contributed by atoms with Crippen LogP contribution in [0.4, 0.5) is 5.69 Å². The molecule has 7 rings (SSSR count). The number of amides is 1. The number of anilines is 1. The summed E-state index contributed by atoms with van der Waals surface area (Å²) in [5.74, 6) is -1.70. The molecule has 0 saturated carbocycles. The Balaban J connectivity index is 1.58. The third-order valence-corrected chi connectivity index (χ3v) is 7.47. The van der Waals surface area contributed by atoms with Crippen LogP contribution in [0.5, 0.6) is 0 Å². The van der Waals surface area contributed by atoms with Crippen molar-refractivity contribution in [3.05, 3.63) is 65.9 Å². The number of hydrogen-bond acceptors (Lipinski definition) is 6. The van der Waals surface area contributed by atoms with Gasteiger partial charge in [-0.15, -0.1) is 0 Å². The van der Waals surface area contributed by atoms with Gasteiger partial charge in [-0.25, -0.2) is 0 Å². The Labute approximate surface area is 189 Å². The number of benzene rings is 2. The summed E-state index contributed by atoms with van der Waals surface area (Å²) in [6.07, 6.45) is -0.885. The topological polar surface area (TPSA) is 101 Å². The normalized spacial score (nSPS) is 35.7. The molecule has 4 aliphatic heterocycles. The number of aromatic nitrogens is 1. The molecule has 2 N–H and O–H groups in total. The van der Waals surface area contributed by atoms with Crippen molar-refractivity contribution in [2.75, 3.05) is 11.5 Å². The number of nitrogens with zero attached hydrogens (tertiary/aromatic N) is 1. The zero-order valence-corrected chi connectivity index (χ0v) is 18.1. The van der Waals surface area contributed by atoms with Gasteiger partial charge < -0.3 is 24.3 Å². The molecule has 33 heavy (non-hydrogen) atoms. The fourth-order valence-electron chi connectivity index (χ4n) is 6.42. The molecule has 168 valence electrons. The number of carbonyl (C=O) groups is 2. The molecule has 0 radical (unpaired) electrons. The second kappa shape index (κ2) is 5.90. The molecule has 1 amide bonds. The van der Waals surface area contributed by atoms with Crippen molar-refractivity contribution in [1.29, 1.82) is 0 Å². The lowest BCUT2D eigenvalue weighted by atomic mass is 9.76. The number of ketones is 1. The van der Waals surface area contributed by atoms with Gasteiger partial charge in [0.2, 0.25) is 5.60 Å².